The van der Waals surface area contributed by atoms with E-state index in [-0.39, 0.29) is 21.7 Å². The molecule has 4 rings (SSSR count). The highest BCUT2D eigenvalue weighted by Gasteiger charge is 2.25. The Balaban J connectivity index is 1.84. The van der Waals surface area contributed by atoms with E-state index in [1.54, 1.807) is 49.4 Å². The second-order valence-electron chi connectivity index (χ2n) is 8.37. The molecular formula is C26H23FN4O4S. The van der Waals surface area contributed by atoms with E-state index >= 15 is 0 Å². The number of allylic oxidation sites excluding steroid dienone is 2. The van der Waals surface area contributed by atoms with Crippen molar-refractivity contribution < 1.29 is 22.8 Å². The van der Waals surface area contributed by atoms with Crippen molar-refractivity contribution in [1.82, 2.24) is 4.98 Å². The van der Waals surface area contributed by atoms with Crippen molar-refractivity contribution >= 4 is 27.0 Å². The van der Waals surface area contributed by atoms with Crippen molar-refractivity contribution in [2.24, 2.45) is 16.6 Å². The van der Waals surface area contributed by atoms with Gasteiger partial charge in [-0.2, -0.15) is 0 Å². The number of oxime groups is 1. The number of amides is 1. The molecular weight excluding hydrogens is 483 g/mol. The van der Waals surface area contributed by atoms with E-state index in [1.807, 2.05) is 0 Å². The van der Waals surface area contributed by atoms with Gasteiger partial charge in [-0.1, -0.05) is 35.5 Å². The fourth-order valence-corrected chi connectivity index (χ4v) is 5.08. The standard InChI is InChI=1S/C26H23FN4O4S/c1-14-18(8-9-21(31-33)24(14)28)25-23(26(29)32)19(11-12-30-25)15-3-5-16(6-4-15)20-13-17(27)7-10-22(20)36(2,34)35/h3-13,24,33H,28H2,1-2H3,(H2,29,32). The number of carbonyl (C=O) groups excluding carboxylic acids is 1. The van der Waals surface area contributed by atoms with Crippen molar-refractivity contribution in [2.75, 3.05) is 6.26 Å². The monoisotopic (exact) mass is 506 g/mol. The maximum atomic E-state index is 13.9. The molecule has 184 valence electrons. The molecule has 36 heavy (non-hydrogen) atoms. The molecule has 1 amide bonds. The number of primary amides is 1. The lowest BCUT2D eigenvalue weighted by Gasteiger charge is -2.21. The molecule has 0 bridgehead atoms. The Morgan fingerprint density at radius 2 is 1.69 bits per heavy atom. The van der Waals surface area contributed by atoms with Crippen LogP contribution in [0.5, 0.6) is 0 Å². The lowest BCUT2D eigenvalue weighted by molar-refractivity contribution is 0.100. The Morgan fingerprint density at radius 3 is 2.28 bits per heavy atom. The predicted octanol–water partition coefficient (Wildman–Crippen LogP) is 3.56. The van der Waals surface area contributed by atoms with Crippen molar-refractivity contribution in [3.63, 3.8) is 0 Å². The van der Waals surface area contributed by atoms with Crippen LogP contribution in [0.15, 0.2) is 82.5 Å². The molecule has 1 aromatic heterocycles. The first-order chi connectivity index (χ1) is 17.0. The van der Waals surface area contributed by atoms with Gasteiger partial charge in [0.2, 0.25) is 0 Å². The van der Waals surface area contributed by atoms with Gasteiger partial charge in [0.1, 0.15) is 11.5 Å². The number of halogens is 1. The predicted molar refractivity (Wildman–Crippen MR) is 136 cm³/mol. The van der Waals surface area contributed by atoms with Gasteiger partial charge in [0.05, 0.1) is 22.2 Å². The number of aromatic nitrogens is 1. The molecule has 1 heterocycles. The highest BCUT2D eigenvalue weighted by Crippen LogP contribution is 2.34. The largest absolute Gasteiger partial charge is 0.411 e. The average molecular weight is 507 g/mol. The first-order valence-electron chi connectivity index (χ1n) is 10.8. The van der Waals surface area contributed by atoms with Crippen LogP contribution in [-0.4, -0.2) is 42.5 Å². The normalized spacial score (nSPS) is 17.0. The molecule has 0 radical (unpaired) electrons. The van der Waals surface area contributed by atoms with Crippen LogP contribution < -0.4 is 11.5 Å². The van der Waals surface area contributed by atoms with Gasteiger partial charge in [-0.15, -0.1) is 0 Å². The van der Waals surface area contributed by atoms with Crippen LogP contribution >= 0.6 is 0 Å². The zero-order chi connectivity index (χ0) is 26.2. The molecule has 8 nitrogen and oxygen atoms in total. The molecule has 1 aliphatic carbocycles. The van der Waals surface area contributed by atoms with Gasteiger partial charge in [0, 0.05) is 23.6 Å². The number of rotatable bonds is 5. The van der Waals surface area contributed by atoms with E-state index in [0.717, 1.165) is 12.3 Å². The minimum absolute atomic E-state index is 0.00861. The molecule has 10 heteroatoms. The Morgan fingerprint density at radius 1 is 1.06 bits per heavy atom. The second-order valence-corrected chi connectivity index (χ2v) is 10.4. The third-order valence-corrected chi connectivity index (χ3v) is 7.20. The van der Waals surface area contributed by atoms with Gasteiger partial charge in [-0.25, -0.2) is 12.8 Å². The van der Waals surface area contributed by atoms with Crippen LogP contribution in [0.1, 0.15) is 23.0 Å². The smallest absolute Gasteiger partial charge is 0.251 e. The minimum atomic E-state index is -3.59. The molecule has 1 atom stereocenters. The zero-order valence-electron chi connectivity index (χ0n) is 19.4. The minimum Gasteiger partial charge on any atom is -0.411 e. The van der Waals surface area contributed by atoms with E-state index in [2.05, 4.69) is 10.1 Å². The highest BCUT2D eigenvalue weighted by molar-refractivity contribution is 7.90. The first-order valence-corrected chi connectivity index (χ1v) is 12.7. The Labute approximate surface area is 207 Å². The number of benzene rings is 2. The molecule has 3 aromatic rings. The summed E-state index contributed by atoms with van der Waals surface area (Å²) in [7, 11) is -3.59. The number of nitrogens with zero attached hydrogens (tertiary/aromatic N) is 2. The van der Waals surface area contributed by atoms with Crippen LogP contribution in [0.4, 0.5) is 4.39 Å². The van der Waals surface area contributed by atoms with Crippen LogP contribution in [0.25, 0.3) is 27.8 Å². The Hall–Kier alpha value is -4.15. The van der Waals surface area contributed by atoms with E-state index in [0.29, 0.717) is 33.5 Å². The summed E-state index contributed by atoms with van der Waals surface area (Å²) >= 11 is 0. The zero-order valence-corrected chi connectivity index (χ0v) is 20.3. The third-order valence-electron chi connectivity index (χ3n) is 6.05. The van der Waals surface area contributed by atoms with Gasteiger partial charge in [0.25, 0.3) is 5.91 Å². The third kappa shape index (κ3) is 4.56. The van der Waals surface area contributed by atoms with Crippen LogP contribution in [-0.2, 0) is 9.84 Å². The summed E-state index contributed by atoms with van der Waals surface area (Å²) in [5, 5.41) is 12.3. The van der Waals surface area contributed by atoms with Crippen LogP contribution in [0.3, 0.4) is 0 Å². The van der Waals surface area contributed by atoms with Gasteiger partial charge < -0.3 is 16.7 Å². The maximum Gasteiger partial charge on any atom is 0.251 e. The number of hydrogen-bond donors (Lipinski definition) is 3. The Kier molecular flexibility index (Phi) is 6.57. The molecule has 1 aliphatic rings. The first kappa shape index (κ1) is 25.0. The van der Waals surface area contributed by atoms with Crippen LogP contribution in [0.2, 0.25) is 0 Å². The number of pyridine rings is 1. The number of nitrogens with two attached hydrogens (primary N) is 2. The van der Waals surface area contributed by atoms with Crippen molar-refractivity contribution in [2.45, 2.75) is 17.9 Å². The highest BCUT2D eigenvalue weighted by atomic mass is 32.2. The molecule has 0 aliphatic heterocycles. The summed E-state index contributed by atoms with van der Waals surface area (Å²) in [6, 6.07) is 11.1. The molecule has 5 N–H and O–H groups in total. The van der Waals surface area contributed by atoms with Crippen molar-refractivity contribution in [3.8, 4) is 22.3 Å². The second kappa shape index (κ2) is 9.48. The molecule has 2 aromatic carbocycles. The molecule has 0 spiro atoms. The van der Waals surface area contributed by atoms with Gasteiger partial charge in [-0.05, 0) is 59.5 Å². The van der Waals surface area contributed by atoms with E-state index in [4.69, 9.17) is 16.7 Å². The summed E-state index contributed by atoms with van der Waals surface area (Å²) in [6.45, 7) is 1.75. The summed E-state index contributed by atoms with van der Waals surface area (Å²) in [4.78, 5) is 17.0. The summed E-state index contributed by atoms with van der Waals surface area (Å²) < 4.78 is 38.3. The average Bonchev–Trinajstić information content (AvgIpc) is 2.84. The summed E-state index contributed by atoms with van der Waals surface area (Å²) in [5.74, 6) is -1.27. The molecule has 1 unspecified atom stereocenters. The van der Waals surface area contributed by atoms with Gasteiger partial charge in [-0.3, -0.25) is 9.78 Å². The fourth-order valence-electron chi connectivity index (χ4n) is 4.19. The molecule has 0 fully saturated rings. The van der Waals surface area contributed by atoms with Crippen molar-refractivity contribution in [3.05, 3.63) is 89.5 Å². The lowest BCUT2D eigenvalue weighted by atomic mass is 9.87. The maximum absolute atomic E-state index is 13.9. The lowest BCUT2D eigenvalue weighted by Crippen LogP contribution is -2.33. The number of carbonyl (C=O) groups is 1. The Bertz CT molecular complexity index is 1580. The summed E-state index contributed by atoms with van der Waals surface area (Å²) in [5.41, 5.74) is 15.8. The van der Waals surface area contributed by atoms with Crippen LogP contribution in [0, 0.1) is 5.82 Å². The van der Waals surface area contributed by atoms with Crippen molar-refractivity contribution in [1.29, 1.82) is 0 Å². The van der Waals surface area contributed by atoms with E-state index in [1.165, 1.54) is 18.3 Å². The number of sulfone groups is 1. The molecule has 0 saturated carbocycles. The van der Waals surface area contributed by atoms with E-state index < -0.39 is 27.6 Å². The topological polar surface area (TPSA) is 149 Å². The van der Waals surface area contributed by atoms with Gasteiger partial charge >= 0.3 is 0 Å². The SMILES string of the molecule is CC1=C(c2nccc(-c3ccc(-c4cc(F)ccc4S(C)(=O)=O)cc3)c2C(N)=O)C=CC(=NO)C1N. The molecule has 0 saturated heterocycles. The fraction of sp³-hybridized carbons (Fsp3) is 0.115. The quantitative estimate of drug-likeness (QED) is 0.274. The number of hydrogen-bond acceptors (Lipinski definition) is 7. The van der Waals surface area contributed by atoms with E-state index in [9.17, 15) is 17.6 Å². The summed E-state index contributed by atoms with van der Waals surface area (Å²) in [6.07, 6.45) is 5.80. The van der Waals surface area contributed by atoms with Gasteiger partial charge in [0.15, 0.2) is 9.84 Å².